The molecule has 13 heteroatoms. The summed E-state index contributed by atoms with van der Waals surface area (Å²) in [5.74, 6) is 1.17. The first-order chi connectivity index (χ1) is 16.9. The minimum absolute atomic E-state index is 0.0493. The van der Waals surface area contributed by atoms with Crippen LogP contribution in [-0.4, -0.2) is 70.3 Å². The Kier molecular flexibility index (Phi) is 7.57. The molecule has 3 atom stereocenters. The van der Waals surface area contributed by atoms with Gasteiger partial charge in [-0.3, -0.25) is 9.29 Å². The molecule has 0 bridgehead atoms. The second-order valence-electron chi connectivity index (χ2n) is 8.26. The van der Waals surface area contributed by atoms with E-state index in [0.29, 0.717) is 36.1 Å². The number of methoxy groups -OCH3 is 1. The Morgan fingerprint density at radius 1 is 1.26 bits per heavy atom. The number of fused-ring (bicyclic) bond motifs is 3. The predicted molar refractivity (Wildman–Crippen MR) is 127 cm³/mol. The Morgan fingerprint density at radius 3 is 2.74 bits per heavy atom. The SMILES string of the molecule is CCCO[C@@H](c1ncc(C)cn1)[C@H](C)S(=O)(=O)Nc1nnc2n1[C@H](COC)COc1ncccc1-2. The molecule has 0 aromatic carbocycles. The van der Waals surface area contributed by atoms with Crippen molar-refractivity contribution in [2.24, 2.45) is 0 Å². The number of ether oxygens (including phenoxy) is 3. The summed E-state index contributed by atoms with van der Waals surface area (Å²) in [5.41, 5.74) is 1.47. The highest BCUT2D eigenvalue weighted by molar-refractivity contribution is 7.93. The zero-order chi connectivity index (χ0) is 25.0. The summed E-state index contributed by atoms with van der Waals surface area (Å²) in [5, 5.41) is 7.38. The third-order valence-corrected chi connectivity index (χ3v) is 7.24. The molecule has 1 N–H and O–H groups in total. The van der Waals surface area contributed by atoms with Crippen molar-refractivity contribution in [3.8, 4) is 17.3 Å². The Bertz CT molecular complexity index is 1250. The van der Waals surface area contributed by atoms with E-state index in [1.54, 1.807) is 49.3 Å². The van der Waals surface area contributed by atoms with Gasteiger partial charge in [0.1, 0.15) is 18.0 Å². The molecule has 1 aliphatic rings. The van der Waals surface area contributed by atoms with Crippen LogP contribution in [0.4, 0.5) is 5.95 Å². The molecular formula is C22H29N7O5S. The number of hydrogen-bond donors (Lipinski definition) is 1. The molecule has 35 heavy (non-hydrogen) atoms. The summed E-state index contributed by atoms with van der Waals surface area (Å²) < 4.78 is 48.4. The second kappa shape index (κ2) is 10.6. The first kappa shape index (κ1) is 24.9. The fraction of sp³-hybridized carbons (Fsp3) is 0.500. The fourth-order valence-corrected chi connectivity index (χ4v) is 4.83. The van der Waals surface area contributed by atoms with Crippen LogP contribution in [0.1, 0.15) is 43.8 Å². The van der Waals surface area contributed by atoms with Gasteiger partial charge >= 0.3 is 0 Å². The lowest BCUT2D eigenvalue weighted by atomic mass is 10.2. The quantitative estimate of drug-likeness (QED) is 0.438. The van der Waals surface area contributed by atoms with Gasteiger partial charge in [-0.2, -0.15) is 0 Å². The van der Waals surface area contributed by atoms with Gasteiger partial charge in [-0.15, -0.1) is 10.2 Å². The maximum absolute atomic E-state index is 13.5. The molecule has 0 saturated carbocycles. The molecular weight excluding hydrogens is 474 g/mol. The first-order valence-electron chi connectivity index (χ1n) is 11.3. The van der Waals surface area contributed by atoms with Gasteiger partial charge in [0.25, 0.3) is 0 Å². The molecule has 0 amide bonds. The molecule has 0 unspecified atom stereocenters. The highest BCUT2D eigenvalue weighted by Crippen LogP contribution is 2.35. The molecule has 188 valence electrons. The number of anilines is 1. The lowest BCUT2D eigenvalue weighted by molar-refractivity contribution is 0.0466. The Balaban J connectivity index is 1.69. The molecule has 3 aromatic rings. The van der Waals surface area contributed by atoms with Gasteiger partial charge < -0.3 is 14.2 Å². The lowest BCUT2D eigenvalue weighted by Crippen LogP contribution is -2.35. The molecule has 12 nitrogen and oxygen atoms in total. The minimum Gasteiger partial charge on any atom is -0.475 e. The number of pyridine rings is 1. The van der Waals surface area contributed by atoms with Crippen molar-refractivity contribution in [3.63, 3.8) is 0 Å². The number of nitrogens with one attached hydrogen (secondary N) is 1. The van der Waals surface area contributed by atoms with Gasteiger partial charge in [0, 0.05) is 32.3 Å². The molecule has 0 fully saturated rings. The van der Waals surface area contributed by atoms with Crippen molar-refractivity contribution in [2.75, 3.05) is 31.7 Å². The normalized spacial score (nSPS) is 17.0. The largest absolute Gasteiger partial charge is 0.475 e. The average Bonchev–Trinajstić information content (AvgIpc) is 3.18. The van der Waals surface area contributed by atoms with Crippen molar-refractivity contribution in [1.29, 1.82) is 0 Å². The van der Waals surface area contributed by atoms with Crippen molar-refractivity contribution in [2.45, 2.75) is 44.6 Å². The summed E-state index contributed by atoms with van der Waals surface area (Å²) in [7, 11) is -2.45. The molecule has 1 aliphatic heterocycles. The average molecular weight is 504 g/mol. The number of aryl methyl sites for hydroxylation is 1. The van der Waals surface area contributed by atoms with E-state index in [2.05, 4.69) is 29.9 Å². The van der Waals surface area contributed by atoms with Crippen molar-refractivity contribution >= 4 is 16.0 Å². The van der Waals surface area contributed by atoms with Crippen LogP contribution in [0.5, 0.6) is 5.88 Å². The van der Waals surface area contributed by atoms with Gasteiger partial charge in [-0.25, -0.2) is 23.4 Å². The molecule has 4 rings (SSSR count). The summed E-state index contributed by atoms with van der Waals surface area (Å²) in [6.45, 7) is 6.17. The number of rotatable bonds is 10. The summed E-state index contributed by atoms with van der Waals surface area (Å²) in [6.07, 6.45) is 4.73. The van der Waals surface area contributed by atoms with Crippen LogP contribution in [0.3, 0.4) is 0 Å². The monoisotopic (exact) mass is 503 g/mol. The smallest absolute Gasteiger partial charge is 0.240 e. The van der Waals surface area contributed by atoms with Crippen LogP contribution in [0.25, 0.3) is 11.4 Å². The van der Waals surface area contributed by atoms with Crippen LogP contribution < -0.4 is 9.46 Å². The second-order valence-corrected chi connectivity index (χ2v) is 10.3. The van der Waals surface area contributed by atoms with Crippen molar-refractivity contribution in [3.05, 3.63) is 42.1 Å². The zero-order valence-electron chi connectivity index (χ0n) is 20.1. The maximum Gasteiger partial charge on any atom is 0.240 e. The van der Waals surface area contributed by atoms with Gasteiger partial charge in [0.05, 0.1) is 18.2 Å². The van der Waals surface area contributed by atoms with E-state index in [-0.39, 0.29) is 25.2 Å². The number of sulfonamides is 1. The van der Waals surface area contributed by atoms with Crippen LogP contribution in [0.2, 0.25) is 0 Å². The van der Waals surface area contributed by atoms with Crippen LogP contribution >= 0.6 is 0 Å². The predicted octanol–water partition coefficient (Wildman–Crippen LogP) is 2.32. The van der Waals surface area contributed by atoms with Crippen LogP contribution in [0, 0.1) is 6.92 Å². The van der Waals surface area contributed by atoms with Gasteiger partial charge in [-0.1, -0.05) is 6.92 Å². The fourth-order valence-electron chi connectivity index (χ4n) is 3.73. The molecule has 4 heterocycles. The van der Waals surface area contributed by atoms with E-state index in [9.17, 15) is 8.42 Å². The Hall–Kier alpha value is -3.16. The van der Waals surface area contributed by atoms with Gasteiger partial charge in [-0.05, 0) is 38.0 Å². The van der Waals surface area contributed by atoms with Gasteiger partial charge in [0.15, 0.2) is 11.6 Å². The summed E-state index contributed by atoms with van der Waals surface area (Å²) >= 11 is 0. The lowest BCUT2D eigenvalue weighted by Gasteiger charge is -2.24. The standard InChI is InChI=1S/C22H29N7O5S/c1-5-9-33-18(19-24-10-14(2)11-25-19)15(3)35(30,31)28-22-27-26-20-17-7-6-8-23-21(17)34-13-16(12-32-4)29(20)22/h6-8,10-11,15-16,18H,5,9,12-13H2,1-4H3,(H,27,28)/t15-,16+,18+/m0/s1. The molecule has 3 aromatic heterocycles. The number of aromatic nitrogens is 6. The topological polar surface area (TPSA) is 143 Å². The highest BCUT2D eigenvalue weighted by Gasteiger charge is 2.36. The van der Waals surface area contributed by atoms with Crippen molar-refractivity contribution in [1.82, 2.24) is 29.7 Å². The summed E-state index contributed by atoms with van der Waals surface area (Å²) in [6, 6.07) is 3.16. The molecule has 0 spiro atoms. The van der Waals surface area contributed by atoms with E-state index in [1.807, 2.05) is 13.8 Å². The van der Waals surface area contributed by atoms with E-state index in [0.717, 1.165) is 5.56 Å². The third-order valence-electron chi connectivity index (χ3n) is 5.55. The van der Waals surface area contributed by atoms with E-state index in [4.69, 9.17) is 14.2 Å². The van der Waals surface area contributed by atoms with Gasteiger partial charge in [0.2, 0.25) is 21.9 Å². The molecule has 0 radical (unpaired) electrons. The third kappa shape index (κ3) is 5.26. The van der Waals surface area contributed by atoms with E-state index >= 15 is 0 Å². The van der Waals surface area contributed by atoms with E-state index < -0.39 is 21.4 Å². The Morgan fingerprint density at radius 2 is 2.03 bits per heavy atom. The first-order valence-corrected chi connectivity index (χ1v) is 12.8. The highest BCUT2D eigenvalue weighted by atomic mass is 32.2. The minimum atomic E-state index is -4.01. The Labute approximate surface area is 204 Å². The maximum atomic E-state index is 13.5. The molecule has 0 saturated heterocycles. The molecule has 0 aliphatic carbocycles. The number of nitrogens with zero attached hydrogens (tertiary/aromatic N) is 6. The summed E-state index contributed by atoms with van der Waals surface area (Å²) in [4.78, 5) is 12.9. The van der Waals surface area contributed by atoms with Crippen LogP contribution in [-0.2, 0) is 19.5 Å². The van der Waals surface area contributed by atoms with Crippen LogP contribution in [0.15, 0.2) is 30.7 Å². The number of hydrogen-bond acceptors (Lipinski definition) is 10. The van der Waals surface area contributed by atoms with Crippen molar-refractivity contribution < 1.29 is 22.6 Å². The van der Waals surface area contributed by atoms with E-state index in [1.165, 1.54) is 0 Å². The zero-order valence-corrected chi connectivity index (χ0v) is 20.9.